The van der Waals surface area contributed by atoms with Crippen molar-refractivity contribution in [3.05, 3.63) is 0 Å². The van der Waals surface area contributed by atoms with Crippen LogP contribution in [0.3, 0.4) is 0 Å². The highest BCUT2D eigenvalue weighted by molar-refractivity contribution is 5.75. The lowest BCUT2D eigenvalue weighted by Gasteiger charge is -2.29. The summed E-state index contributed by atoms with van der Waals surface area (Å²) < 4.78 is 0. The van der Waals surface area contributed by atoms with Crippen molar-refractivity contribution in [1.82, 2.24) is 9.80 Å². The summed E-state index contributed by atoms with van der Waals surface area (Å²) in [6.45, 7) is 15.8. The molecular weight excluding hydrogens is 332 g/mol. The van der Waals surface area contributed by atoms with Crippen LogP contribution in [0.4, 0.5) is 0 Å². The Morgan fingerprint density at radius 1 is 0.667 bits per heavy atom. The van der Waals surface area contributed by atoms with Crippen LogP contribution in [0.15, 0.2) is 0 Å². The van der Waals surface area contributed by atoms with E-state index in [2.05, 4.69) is 39.6 Å². The maximum Gasteiger partial charge on any atom is 0.222 e. The van der Waals surface area contributed by atoms with Crippen LogP contribution in [0, 0.1) is 23.7 Å². The molecule has 0 aromatic heterocycles. The predicted octanol–water partition coefficient (Wildman–Crippen LogP) is 5.84. The molecule has 160 valence electrons. The molecule has 2 saturated heterocycles. The zero-order chi connectivity index (χ0) is 20.2. The summed E-state index contributed by atoms with van der Waals surface area (Å²) in [5.41, 5.74) is 0. The van der Waals surface area contributed by atoms with Crippen molar-refractivity contribution in [2.24, 2.45) is 23.7 Å². The number of rotatable bonds is 1. The minimum Gasteiger partial charge on any atom is -0.343 e. The van der Waals surface area contributed by atoms with Crippen LogP contribution in [0.5, 0.6) is 0 Å². The van der Waals surface area contributed by atoms with Crippen LogP contribution in [-0.2, 0) is 4.79 Å². The zero-order valence-electron chi connectivity index (χ0n) is 19.3. The Bertz CT molecular complexity index is 334. The third-order valence-electron chi connectivity index (χ3n) is 6.75. The van der Waals surface area contributed by atoms with Gasteiger partial charge in [-0.1, -0.05) is 60.3 Å². The highest BCUT2D eigenvalue weighted by atomic mass is 16.2. The fourth-order valence-electron chi connectivity index (χ4n) is 4.05. The molecule has 3 fully saturated rings. The Morgan fingerprint density at radius 3 is 1.33 bits per heavy atom. The van der Waals surface area contributed by atoms with Crippen molar-refractivity contribution in [3.63, 3.8) is 0 Å². The number of likely N-dealkylation sites (tertiary alicyclic amines) is 2. The van der Waals surface area contributed by atoms with Gasteiger partial charge in [-0.05, 0) is 69.5 Å². The molecule has 0 aromatic rings. The monoisotopic (exact) mass is 380 g/mol. The van der Waals surface area contributed by atoms with Gasteiger partial charge in [-0.2, -0.15) is 0 Å². The minimum atomic E-state index is 0.317. The van der Waals surface area contributed by atoms with Gasteiger partial charge in [-0.3, -0.25) is 4.79 Å². The van der Waals surface area contributed by atoms with E-state index in [9.17, 15) is 4.79 Å². The molecule has 0 unspecified atom stereocenters. The minimum absolute atomic E-state index is 0.317. The van der Waals surface area contributed by atoms with Crippen molar-refractivity contribution >= 4 is 5.91 Å². The number of hydrogen-bond donors (Lipinski definition) is 0. The van der Waals surface area contributed by atoms with E-state index in [1.54, 1.807) is 0 Å². The number of amides is 1. The molecule has 2 heterocycles. The molecule has 0 atom stereocenters. The standard InChI is InChI=1S/C9H17NO.C8H16.C7H15N/c1-3-9(11)10-6-4-8(2)5-7-10;2*1-7-3-5-8(2)6-4-7/h8H,3-7H2,1-2H3;7-8H,3-6H2,1-2H3;7H,3-6H2,1-2H3. The van der Waals surface area contributed by atoms with E-state index in [0.717, 1.165) is 36.8 Å². The Labute approximate surface area is 170 Å². The fraction of sp³-hybridized carbons (Fsp3) is 0.958. The van der Waals surface area contributed by atoms with Gasteiger partial charge >= 0.3 is 0 Å². The van der Waals surface area contributed by atoms with E-state index in [0.29, 0.717) is 12.3 Å². The topological polar surface area (TPSA) is 23.6 Å². The first-order valence-electron chi connectivity index (χ1n) is 11.8. The fourth-order valence-corrected chi connectivity index (χ4v) is 4.05. The molecule has 0 bridgehead atoms. The number of piperidine rings is 2. The number of nitrogens with zero attached hydrogens (tertiary/aromatic N) is 2. The molecule has 27 heavy (non-hydrogen) atoms. The lowest BCUT2D eigenvalue weighted by Crippen LogP contribution is -2.37. The van der Waals surface area contributed by atoms with Crippen LogP contribution < -0.4 is 0 Å². The Morgan fingerprint density at radius 2 is 1.00 bits per heavy atom. The smallest absolute Gasteiger partial charge is 0.222 e. The third-order valence-corrected chi connectivity index (χ3v) is 6.75. The van der Waals surface area contributed by atoms with Gasteiger partial charge in [0.2, 0.25) is 5.91 Å². The van der Waals surface area contributed by atoms with E-state index < -0.39 is 0 Å². The van der Waals surface area contributed by atoms with Gasteiger partial charge in [0.15, 0.2) is 0 Å². The molecule has 3 heteroatoms. The summed E-state index contributed by atoms with van der Waals surface area (Å²) in [6.07, 6.45) is 11.7. The first-order chi connectivity index (χ1) is 12.8. The second-order valence-electron chi connectivity index (χ2n) is 9.77. The summed E-state index contributed by atoms with van der Waals surface area (Å²) in [6, 6.07) is 0. The van der Waals surface area contributed by atoms with Crippen molar-refractivity contribution in [3.8, 4) is 0 Å². The number of carbonyl (C=O) groups is 1. The normalized spacial score (nSPS) is 27.9. The molecule has 1 saturated carbocycles. The predicted molar refractivity (Wildman–Crippen MR) is 118 cm³/mol. The first kappa shape index (κ1) is 24.5. The zero-order valence-corrected chi connectivity index (χ0v) is 19.3. The molecule has 3 nitrogen and oxygen atoms in total. The van der Waals surface area contributed by atoms with Gasteiger partial charge in [0, 0.05) is 19.5 Å². The molecular formula is C24H48N2O. The highest BCUT2D eigenvalue weighted by Gasteiger charge is 2.18. The molecule has 0 spiro atoms. The average molecular weight is 381 g/mol. The maximum absolute atomic E-state index is 11.2. The second-order valence-corrected chi connectivity index (χ2v) is 9.77. The van der Waals surface area contributed by atoms with Gasteiger partial charge in [-0.25, -0.2) is 0 Å². The summed E-state index contributed by atoms with van der Waals surface area (Å²) in [5.74, 6) is 4.15. The van der Waals surface area contributed by atoms with E-state index in [-0.39, 0.29) is 0 Å². The number of hydrogen-bond acceptors (Lipinski definition) is 2. The summed E-state index contributed by atoms with van der Waals surface area (Å²) in [5, 5.41) is 0. The van der Waals surface area contributed by atoms with E-state index in [1.807, 2.05) is 11.8 Å². The molecule has 0 aromatic carbocycles. The van der Waals surface area contributed by atoms with Crippen LogP contribution in [0.2, 0.25) is 0 Å². The van der Waals surface area contributed by atoms with Crippen molar-refractivity contribution in [1.29, 1.82) is 0 Å². The van der Waals surface area contributed by atoms with Gasteiger partial charge < -0.3 is 9.80 Å². The van der Waals surface area contributed by atoms with Crippen LogP contribution in [0.25, 0.3) is 0 Å². The summed E-state index contributed by atoms with van der Waals surface area (Å²) >= 11 is 0. The number of carbonyl (C=O) groups excluding carboxylic acids is 1. The van der Waals surface area contributed by atoms with Crippen LogP contribution >= 0.6 is 0 Å². The van der Waals surface area contributed by atoms with Crippen LogP contribution in [-0.4, -0.2) is 48.9 Å². The molecule has 3 rings (SSSR count). The first-order valence-corrected chi connectivity index (χ1v) is 11.8. The Balaban J connectivity index is 0.000000206. The summed E-state index contributed by atoms with van der Waals surface area (Å²) in [7, 11) is 2.20. The second kappa shape index (κ2) is 13.6. The van der Waals surface area contributed by atoms with Gasteiger partial charge in [0.05, 0.1) is 0 Å². The Hall–Kier alpha value is -0.570. The van der Waals surface area contributed by atoms with Crippen molar-refractivity contribution in [2.75, 3.05) is 33.2 Å². The Kier molecular flexibility index (Phi) is 12.3. The lowest BCUT2D eigenvalue weighted by atomic mass is 9.84. The van der Waals surface area contributed by atoms with Crippen molar-refractivity contribution < 1.29 is 4.79 Å². The highest BCUT2D eigenvalue weighted by Crippen LogP contribution is 2.27. The lowest BCUT2D eigenvalue weighted by molar-refractivity contribution is -0.132. The summed E-state index contributed by atoms with van der Waals surface area (Å²) in [4.78, 5) is 15.6. The molecule has 1 amide bonds. The molecule has 2 aliphatic heterocycles. The SMILES string of the molecule is CC1CCC(C)CC1.CC1CCN(C)CC1.CCC(=O)N1CCC(C)CC1. The largest absolute Gasteiger partial charge is 0.343 e. The molecule has 3 aliphatic rings. The average Bonchev–Trinajstić information content (AvgIpc) is 2.67. The quantitative estimate of drug-likeness (QED) is 0.571. The third kappa shape index (κ3) is 11.1. The van der Waals surface area contributed by atoms with E-state index >= 15 is 0 Å². The van der Waals surface area contributed by atoms with Gasteiger partial charge in [0.25, 0.3) is 0 Å². The van der Waals surface area contributed by atoms with E-state index in [4.69, 9.17) is 0 Å². The molecule has 0 N–H and O–H groups in total. The van der Waals surface area contributed by atoms with Crippen LogP contribution in [0.1, 0.15) is 92.4 Å². The van der Waals surface area contributed by atoms with Gasteiger partial charge in [-0.15, -0.1) is 0 Å². The molecule has 0 radical (unpaired) electrons. The molecule has 1 aliphatic carbocycles. The van der Waals surface area contributed by atoms with E-state index in [1.165, 1.54) is 64.5 Å². The van der Waals surface area contributed by atoms with Gasteiger partial charge in [0.1, 0.15) is 0 Å². The maximum atomic E-state index is 11.2. The van der Waals surface area contributed by atoms with Crippen molar-refractivity contribution in [2.45, 2.75) is 92.4 Å².